The number of nitrogens with zero attached hydrogens (tertiary/aromatic N) is 1. The van der Waals surface area contributed by atoms with E-state index in [9.17, 15) is 9.59 Å². The number of aryl methyl sites for hydroxylation is 1. The number of benzene rings is 2. The third kappa shape index (κ3) is 7.66. The van der Waals surface area contributed by atoms with Crippen molar-refractivity contribution in [2.24, 2.45) is 5.92 Å². The van der Waals surface area contributed by atoms with Crippen molar-refractivity contribution < 1.29 is 14.3 Å². The number of halogens is 1. The molecule has 5 nitrogen and oxygen atoms in total. The Morgan fingerprint density at radius 3 is 2.38 bits per heavy atom. The van der Waals surface area contributed by atoms with E-state index < -0.39 is 6.04 Å². The molecule has 0 fully saturated rings. The Morgan fingerprint density at radius 1 is 1.06 bits per heavy atom. The molecule has 1 atom stereocenters. The number of amides is 2. The van der Waals surface area contributed by atoms with E-state index in [0.29, 0.717) is 30.7 Å². The van der Waals surface area contributed by atoms with Gasteiger partial charge in [0, 0.05) is 13.1 Å². The van der Waals surface area contributed by atoms with E-state index in [4.69, 9.17) is 4.74 Å². The Morgan fingerprint density at radius 2 is 1.78 bits per heavy atom. The molecule has 0 aliphatic heterocycles. The maximum atomic E-state index is 13.2. The zero-order valence-corrected chi connectivity index (χ0v) is 21.5. The normalized spacial score (nSPS) is 12.0. The van der Waals surface area contributed by atoms with E-state index in [1.54, 1.807) is 11.8 Å². The Labute approximate surface area is 200 Å². The van der Waals surface area contributed by atoms with E-state index in [1.165, 1.54) is 5.56 Å². The van der Waals surface area contributed by atoms with Crippen molar-refractivity contribution in [2.45, 2.75) is 60.0 Å². The van der Waals surface area contributed by atoms with Gasteiger partial charge in [0.2, 0.25) is 5.91 Å². The molecule has 6 heteroatoms. The number of nitrogens with one attached hydrogen (secondary N) is 1. The molecule has 1 N–H and O–H groups in total. The van der Waals surface area contributed by atoms with Gasteiger partial charge in [-0.3, -0.25) is 9.59 Å². The van der Waals surface area contributed by atoms with E-state index >= 15 is 0 Å². The van der Waals surface area contributed by atoms with Crippen LogP contribution in [0.25, 0.3) is 0 Å². The molecule has 0 aromatic heterocycles. The minimum Gasteiger partial charge on any atom is -0.483 e. The fourth-order valence-corrected chi connectivity index (χ4v) is 3.77. The van der Waals surface area contributed by atoms with Crippen molar-refractivity contribution in [1.82, 2.24) is 10.2 Å². The van der Waals surface area contributed by atoms with Gasteiger partial charge in [-0.2, -0.15) is 0 Å². The van der Waals surface area contributed by atoms with Gasteiger partial charge in [-0.25, -0.2) is 0 Å². The molecular weight excluding hydrogens is 468 g/mol. The highest BCUT2D eigenvalue weighted by molar-refractivity contribution is 9.10. The summed E-state index contributed by atoms with van der Waals surface area (Å²) in [7, 11) is 0. The highest BCUT2D eigenvalue weighted by Crippen LogP contribution is 2.29. The number of rotatable bonds is 10. The summed E-state index contributed by atoms with van der Waals surface area (Å²) in [6.45, 7) is 12.9. The zero-order chi connectivity index (χ0) is 23.8. The van der Waals surface area contributed by atoms with Crippen LogP contribution in [-0.4, -0.2) is 35.9 Å². The van der Waals surface area contributed by atoms with Gasteiger partial charge in [-0.15, -0.1) is 0 Å². The van der Waals surface area contributed by atoms with Gasteiger partial charge in [0.15, 0.2) is 6.61 Å². The summed E-state index contributed by atoms with van der Waals surface area (Å²) in [4.78, 5) is 27.5. The van der Waals surface area contributed by atoms with Crippen LogP contribution >= 0.6 is 15.9 Å². The lowest BCUT2D eigenvalue weighted by Gasteiger charge is -2.29. The smallest absolute Gasteiger partial charge is 0.261 e. The van der Waals surface area contributed by atoms with E-state index in [1.807, 2.05) is 63.2 Å². The average Bonchev–Trinajstić information content (AvgIpc) is 2.74. The monoisotopic (exact) mass is 502 g/mol. The van der Waals surface area contributed by atoms with Gasteiger partial charge < -0.3 is 15.0 Å². The molecule has 0 saturated heterocycles. The molecule has 0 aliphatic rings. The third-order valence-corrected chi connectivity index (χ3v) is 5.88. The maximum Gasteiger partial charge on any atom is 0.261 e. The van der Waals surface area contributed by atoms with Crippen molar-refractivity contribution >= 4 is 27.7 Å². The number of hydrogen-bond acceptors (Lipinski definition) is 3. The SMILES string of the molecule is Cc1cccc(CN(C(=O)COc2ccc(C(C)C)cc2Br)C(C)C(=O)NCC(C)C)c1. The summed E-state index contributed by atoms with van der Waals surface area (Å²) in [5.41, 5.74) is 3.27. The summed E-state index contributed by atoms with van der Waals surface area (Å²) >= 11 is 3.54. The maximum absolute atomic E-state index is 13.2. The Bertz CT molecular complexity index is 927. The van der Waals surface area contributed by atoms with Crippen molar-refractivity contribution in [3.8, 4) is 5.75 Å². The molecule has 0 radical (unpaired) electrons. The first kappa shape index (κ1) is 25.9. The van der Waals surface area contributed by atoms with Crippen LogP contribution in [0, 0.1) is 12.8 Å². The Hall–Kier alpha value is -2.34. The Kier molecular flexibility index (Phi) is 9.76. The lowest BCUT2D eigenvalue weighted by Crippen LogP contribution is -2.49. The summed E-state index contributed by atoms with van der Waals surface area (Å²) in [6, 6.07) is 13.2. The predicted octanol–water partition coefficient (Wildman–Crippen LogP) is 5.45. The fourth-order valence-electron chi connectivity index (χ4n) is 3.26. The number of carbonyl (C=O) groups is 2. The van der Waals surface area contributed by atoms with E-state index in [0.717, 1.165) is 15.6 Å². The van der Waals surface area contributed by atoms with Crippen LogP contribution in [0.1, 0.15) is 57.2 Å². The minimum atomic E-state index is -0.614. The molecule has 2 aromatic rings. The van der Waals surface area contributed by atoms with Crippen molar-refractivity contribution in [2.75, 3.05) is 13.2 Å². The third-order valence-electron chi connectivity index (χ3n) is 5.26. The summed E-state index contributed by atoms with van der Waals surface area (Å²) < 4.78 is 6.64. The summed E-state index contributed by atoms with van der Waals surface area (Å²) in [5, 5.41) is 2.93. The zero-order valence-electron chi connectivity index (χ0n) is 19.9. The van der Waals surface area contributed by atoms with E-state index in [-0.39, 0.29) is 18.4 Å². The number of carbonyl (C=O) groups excluding carboxylic acids is 2. The van der Waals surface area contributed by atoms with Crippen LogP contribution in [0.2, 0.25) is 0 Å². The van der Waals surface area contributed by atoms with Gasteiger partial charge in [0.1, 0.15) is 11.8 Å². The molecule has 1 unspecified atom stereocenters. The van der Waals surface area contributed by atoms with Crippen LogP contribution in [0.3, 0.4) is 0 Å². The topological polar surface area (TPSA) is 58.6 Å². The lowest BCUT2D eigenvalue weighted by atomic mass is 10.0. The molecule has 0 spiro atoms. The standard InChI is InChI=1S/C26H35BrN2O3/c1-17(2)14-28-26(31)20(6)29(15-21-9-7-8-19(5)12-21)25(30)16-32-24-11-10-22(18(3)4)13-23(24)27/h7-13,17-18,20H,14-16H2,1-6H3,(H,28,31). The number of hydrogen-bond donors (Lipinski definition) is 1. The van der Waals surface area contributed by atoms with Crippen molar-refractivity contribution in [3.63, 3.8) is 0 Å². The first-order chi connectivity index (χ1) is 15.1. The van der Waals surface area contributed by atoms with Crippen LogP contribution in [0.4, 0.5) is 0 Å². The molecule has 2 rings (SSSR count). The second-order valence-corrected chi connectivity index (χ2v) is 9.81. The fraction of sp³-hybridized carbons (Fsp3) is 0.462. The van der Waals surface area contributed by atoms with Gasteiger partial charge in [-0.05, 0) is 64.9 Å². The summed E-state index contributed by atoms with van der Waals surface area (Å²) in [5.74, 6) is 0.939. The molecule has 0 saturated carbocycles. The first-order valence-corrected chi connectivity index (χ1v) is 11.9. The second-order valence-electron chi connectivity index (χ2n) is 8.96. The van der Waals surface area contributed by atoms with Crippen molar-refractivity contribution in [3.05, 3.63) is 63.6 Å². The minimum absolute atomic E-state index is 0.146. The summed E-state index contributed by atoms with van der Waals surface area (Å²) in [6.07, 6.45) is 0. The molecule has 0 bridgehead atoms. The lowest BCUT2D eigenvalue weighted by molar-refractivity contribution is -0.142. The first-order valence-electron chi connectivity index (χ1n) is 11.1. The molecule has 0 heterocycles. The quantitative estimate of drug-likeness (QED) is 0.469. The van der Waals surface area contributed by atoms with Gasteiger partial charge in [-0.1, -0.05) is 63.6 Å². The van der Waals surface area contributed by atoms with Crippen LogP contribution in [0.5, 0.6) is 5.75 Å². The van der Waals surface area contributed by atoms with Gasteiger partial charge in [0.05, 0.1) is 4.47 Å². The highest BCUT2D eigenvalue weighted by Gasteiger charge is 2.26. The van der Waals surface area contributed by atoms with Crippen LogP contribution < -0.4 is 10.1 Å². The molecule has 174 valence electrons. The molecule has 0 aliphatic carbocycles. The molecule has 32 heavy (non-hydrogen) atoms. The predicted molar refractivity (Wildman–Crippen MR) is 133 cm³/mol. The van der Waals surface area contributed by atoms with Crippen LogP contribution in [-0.2, 0) is 16.1 Å². The highest BCUT2D eigenvalue weighted by atomic mass is 79.9. The number of ether oxygens (including phenoxy) is 1. The molecular formula is C26H35BrN2O3. The van der Waals surface area contributed by atoms with Gasteiger partial charge in [0.25, 0.3) is 5.91 Å². The second kappa shape index (κ2) is 12.0. The van der Waals surface area contributed by atoms with Crippen molar-refractivity contribution in [1.29, 1.82) is 0 Å². The molecule has 2 aromatic carbocycles. The molecule has 2 amide bonds. The van der Waals surface area contributed by atoms with E-state index in [2.05, 4.69) is 35.1 Å². The Balaban J connectivity index is 2.16. The van der Waals surface area contributed by atoms with Crippen LogP contribution in [0.15, 0.2) is 46.9 Å². The average molecular weight is 503 g/mol. The largest absolute Gasteiger partial charge is 0.483 e. The van der Waals surface area contributed by atoms with Gasteiger partial charge >= 0.3 is 0 Å².